The van der Waals surface area contributed by atoms with Crippen molar-refractivity contribution >= 4 is 23.0 Å². The Morgan fingerprint density at radius 3 is 2.72 bits per heavy atom. The van der Waals surface area contributed by atoms with Crippen LogP contribution >= 0.6 is 0 Å². The van der Waals surface area contributed by atoms with E-state index in [0.29, 0.717) is 5.56 Å². The lowest BCUT2D eigenvalue weighted by Crippen LogP contribution is -2.31. The topological polar surface area (TPSA) is 57.8 Å². The highest BCUT2D eigenvalue weighted by Crippen LogP contribution is 2.22. The Labute approximate surface area is 145 Å². The van der Waals surface area contributed by atoms with E-state index in [2.05, 4.69) is 15.3 Å². The summed E-state index contributed by atoms with van der Waals surface area (Å²) in [5.74, 6) is 0.309. The maximum Gasteiger partial charge on any atom is 0.244 e. The molecule has 0 aliphatic carbocycles. The van der Waals surface area contributed by atoms with Gasteiger partial charge in [0, 0.05) is 6.08 Å². The summed E-state index contributed by atoms with van der Waals surface area (Å²) in [6, 6.07) is 13.6. The summed E-state index contributed by atoms with van der Waals surface area (Å²) in [7, 11) is 0. The van der Waals surface area contributed by atoms with Gasteiger partial charge < -0.3 is 10.3 Å². The van der Waals surface area contributed by atoms with Crippen molar-refractivity contribution in [3.8, 4) is 0 Å². The van der Waals surface area contributed by atoms with Crippen LogP contribution in [0.15, 0.2) is 54.6 Å². The Morgan fingerprint density at radius 2 is 2.00 bits per heavy atom. The van der Waals surface area contributed by atoms with Crippen molar-refractivity contribution in [3.63, 3.8) is 0 Å². The van der Waals surface area contributed by atoms with E-state index in [4.69, 9.17) is 0 Å². The van der Waals surface area contributed by atoms with Crippen LogP contribution in [-0.4, -0.2) is 15.9 Å². The van der Waals surface area contributed by atoms with Crippen LogP contribution in [0.3, 0.4) is 0 Å². The summed E-state index contributed by atoms with van der Waals surface area (Å²) in [5, 5.41) is 2.97. The van der Waals surface area contributed by atoms with Gasteiger partial charge in [0.25, 0.3) is 0 Å². The van der Waals surface area contributed by atoms with E-state index in [0.717, 1.165) is 16.9 Å². The Bertz CT molecular complexity index is 881. The molecule has 0 aliphatic rings. The van der Waals surface area contributed by atoms with Gasteiger partial charge in [0.05, 0.1) is 17.1 Å². The molecule has 25 heavy (non-hydrogen) atoms. The molecule has 0 aliphatic heterocycles. The fraction of sp³-hybridized carbons (Fsp3) is 0.200. The monoisotopic (exact) mass is 337 g/mol. The third-order valence-electron chi connectivity index (χ3n) is 3.94. The number of hydrogen-bond acceptors (Lipinski definition) is 2. The van der Waals surface area contributed by atoms with Crippen molar-refractivity contribution in [3.05, 3.63) is 71.8 Å². The number of para-hydroxylation sites is 2. The van der Waals surface area contributed by atoms with Crippen LogP contribution in [-0.2, 0) is 4.79 Å². The smallest absolute Gasteiger partial charge is 0.244 e. The van der Waals surface area contributed by atoms with E-state index < -0.39 is 0 Å². The number of rotatable bonds is 5. The van der Waals surface area contributed by atoms with E-state index >= 15 is 0 Å². The molecule has 5 heteroatoms. The molecule has 0 unspecified atom stereocenters. The predicted molar refractivity (Wildman–Crippen MR) is 97.2 cm³/mol. The normalized spacial score (nSPS) is 12.8. The Hall–Kier alpha value is -2.95. The summed E-state index contributed by atoms with van der Waals surface area (Å²) in [4.78, 5) is 20.1. The van der Waals surface area contributed by atoms with Gasteiger partial charge in [0.1, 0.15) is 11.6 Å². The molecule has 1 amide bonds. The van der Waals surface area contributed by atoms with Crippen LogP contribution in [0.4, 0.5) is 4.39 Å². The molecule has 128 valence electrons. The average molecular weight is 337 g/mol. The number of nitrogens with zero attached hydrogens (tertiary/aromatic N) is 1. The molecular weight excluding hydrogens is 317 g/mol. The van der Waals surface area contributed by atoms with Gasteiger partial charge in [0.15, 0.2) is 0 Å². The molecule has 3 aromatic rings. The van der Waals surface area contributed by atoms with Gasteiger partial charge >= 0.3 is 0 Å². The molecule has 1 heterocycles. The second-order valence-corrected chi connectivity index (χ2v) is 6.26. The second-order valence-electron chi connectivity index (χ2n) is 6.26. The zero-order chi connectivity index (χ0) is 17.8. The molecule has 1 atom stereocenters. The summed E-state index contributed by atoms with van der Waals surface area (Å²) in [6.07, 6.45) is 3.00. The van der Waals surface area contributed by atoms with Crippen molar-refractivity contribution in [1.29, 1.82) is 0 Å². The number of H-pyrrole nitrogens is 1. The minimum Gasteiger partial charge on any atom is -0.342 e. The molecule has 2 N–H and O–H groups in total. The lowest BCUT2D eigenvalue weighted by atomic mass is 10.0. The van der Waals surface area contributed by atoms with Crippen molar-refractivity contribution in [1.82, 2.24) is 15.3 Å². The zero-order valence-electron chi connectivity index (χ0n) is 14.2. The highest BCUT2D eigenvalue weighted by atomic mass is 19.1. The first-order valence-electron chi connectivity index (χ1n) is 8.22. The van der Waals surface area contributed by atoms with Gasteiger partial charge in [-0.15, -0.1) is 0 Å². The molecule has 0 saturated heterocycles. The van der Waals surface area contributed by atoms with Crippen molar-refractivity contribution in [2.75, 3.05) is 0 Å². The zero-order valence-corrected chi connectivity index (χ0v) is 14.2. The van der Waals surface area contributed by atoms with Gasteiger partial charge in [-0.2, -0.15) is 0 Å². The number of carbonyl (C=O) groups is 1. The first-order chi connectivity index (χ1) is 12.0. The molecular formula is C20H20FN3O. The highest BCUT2D eigenvalue weighted by Gasteiger charge is 2.20. The number of fused-ring (bicyclic) bond motifs is 1. The first-order valence-corrected chi connectivity index (χ1v) is 8.22. The Balaban J connectivity index is 1.76. The number of carbonyl (C=O) groups excluding carboxylic acids is 1. The van der Waals surface area contributed by atoms with Gasteiger partial charge in [-0.05, 0) is 41.8 Å². The SMILES string of the molecule is CC(C)[C@H](NC(=O)/C=C/c1cccc(F)c1)c1nc2ccccc2[nH]1. The summed E-state index contributed by atoms with van der Waals surface area (Å²) < 4.78 is 13.2. The largest absolute Gasteiger partial charge is 0.342 e. The second kappa shape index (κ2) is 7.30. The van der Waals surface area contributed by atoms with Crippen LogP contribution < -0.4 is 5.32 Å². The standard InChI is InChI=1S/C20H20FN3O/c1-13(2)19(20-22-16-8-3-4-9-17(16)23-20)24-18(25)11-10-14-6-5-7-15(21)12-14/h3-13,19H,1-2H3,(H,22,23)(H,24,25)/b11-10+/t19-/m0/s1. The lowest BCUT2D eigenvalue weighted by Gasteiger charge is -2.19. The number of benzene rings is 2. The fourth-order valence-corrected chi connectivity index (χ4v) is 2.65. The number of aromatic amines is 1. The number of hydrogen-bond donors (Lipinski definition) is 2. The number of nitrogens with one attached hydrogen (secondary N) is 2. The summed E-state index contributed by atoms with van der Waals surface area (Å²) >= 11 is 0. The van der Waals surface area contributed by atoms with Gasteiger partial charge in [-0.1, -0.05) is 38.1 Å². The summed E-state index contributed by atoms with van der Waals surface area (Å²) in [6.45, 7) is 4.04. The molecule has 0 fully saturated rings. The maximum absolute atomic E-state index is 13.2. The van der Waals surface area contributed by atoms with E-state index in [1.165, 1.54) is 18.2 Å². The molecule has 3 rings (SSSR count). The van der Waals surface area contributed by atoms with Crippen LogP contribution in [0, 0.1) is 11.7 Å². The van der Waals surface area contributed by atoms with Crippen molar-refractivity contribution < 1.29 is 9.18 Å². The average Bonchev–Trinajstić information content (AvgIpc) is 3.01. The minimum absolute atomic E-state index is 0.159. The van der Waals surface area contributed by atoms with E-state index in [9.17, 15) is 9.18 Å². The van der Waals surface area contributed by atoms with Crippen molar-refractivity contribution in [2.24, 2.45) is 5.92 Å². The predicted octanol–water partition coefficient (Wildman–Crippen LogP) is 4.23. The minimum atomic E-state index is -0.329. The maximum atomic E-state index is 13.2. The molecule has 0 bridgehead atoms. The number of amides is 1. The number of imidazole rings is 1. The lowest BCUT2D eigenvalue weighted by molar-refractivity contribution is -0.117. The number of aromatic nitrogens is 2. The van der Waals surface area contributed by atoms with Crippen molar-refractivity contribution in [2.45, 2.75) is 19.9 Å². The van der Waals surface area contributed by atoms with Crippen LogP contribution in [0.25, 0.3) is 17.1 Å². The van der Waals surface area contributed by atoms with Crippen LogP contribution in [0.1, 0.15) is 31.3 Å². The molecule has 0 saturated carbocycles. The van der Waals surface area contributed by atoms with Crippen LogP contribution in [0.5, 0.6) is 0 Å². The quantitative estimate of drug-likeness (QED) is 0.685. The van der Waals surface area contributed by atoms with Crippen LogP contribution in [0.2, 0.25) is 0 Å². The van der Waals surface area contributed by atoms with Gasteiger partial charge in [0.2, 0.25) is 5.91 Å². The van der Waals surface area contributed by atoms with E-state index in [1.807, 2.05) is 38.1 Å². The van der Waals surface area contributed by atoms with E-state index in [-0.39, 0.29) is 23.7 Å². The van der Waals surface area contributed by atoms with Gasteiger partial charge in [-0.25, -0.2) is 9.37 Å². The third-order valence-corrected chi connectivity index (χ3v) is 3.94. The fourth-order valence-electron chi connectivity index (χ4n) is 2.65. The molecule has 0 spiro atoms. The first kappa shape index (κ1) is 16.9. The number of halogens is 1. The molecule has 1 aromatic heterocycles. The third kappa shape index (κ3) is 4.12. The summed E-state index contributed by atoms with van der Waals surface area (Å²) in [5.41, 5.74) is 2.44. The molecule has 0 radical (unpaired) electrons. The van der Waals surface area contributed by atoms with Gasteiger partial charge in [-0.3, -0.25) is 4.79 Å². The van der Waals surface area contributed by atoms with E-state index in [1.54, 1.807) is 18.2 Å². The highest BCUT2D eigenvalue weighted by molar-refractivity contribution is 5.92. The Morgan fingerprint density at radius 1 is 1.20 bits per heavy atom. The molecule has 4 nitrogen and oxygen atoms in total. The molecule has 2 aromatic carbocycles. The Kier molecular flexibility index (Phi) is 4.93.